The largest absolute Gasteiger partial charge is 0.416 e. The maximum Gasteiger partial charge on any atom is 0.416 e. The summed E-state index contributed by atoms with van der Waals surface area (Å²) in [7, 11) is -0.351. The zero-order valence-corrected chi connectivity index (χ0v) is 26.6. The van der Waals surface area contributed by atoms with E-state index < -0.39 is 63.8 Å². The molecule has 47 heavy (non-hydrogen) atoms. The molecule has 0 aromatic heterocycles. The average Bonchev–Trinajstić information content (AvgIpc) is 3.62. The number of hydrogen-bond acceptors (Lipinski definition) is 5. The Labute approximate surface area is 269 Å². The van der Waals surface area contributed by atoms with Crippen LogP contribution in [0.2, 0.25) is 0 Å². The molecule has 0 unspecified atom stereocenters. The van der Waals surface area contributed by atoms with E-state index in [0.29, 0.717) is 67.0 Å². The minimum Gasteiger partial charge on any atom is -0.340 e. The second-order valence-electron chi connectivity index (χ2n) is 12.5. The lowest BCUT2D eigenvalue weighted by atomic mass is 9.85. The maximum atomic E-state index is 13.8. The molecule has 8 nitrogen and oxygen atoms in total. The van der Waals surface area contributed by atoms with Crippen molar-refractivity contribution in [2.24, 2.45) is 5.92 Å². The van der Waals surface area contributed by atoms with Crippen molar-refractivity contribution in [2.45, 2.75) is 62.5 Å². The van der Waals surface area contributed by atoms with Gasteiger partial charge in [-0.1, -0.05) is 12.1 Å². The molecule has 2 aromatic carbocycles. The fraction of sp³-hybridized carbons (Fsp3) is 0.548. The van der Waals surface area contributed by atoms with Gasteiger partial charge >= 0.3 is 18.4 Å². The van der Waals surface area contributed by atoms with Crippen LogP contribution in [0.3, 0.4) is 0 Å². The highest BCUT2D eigenvalue weighted by Gasteiger charge is 2.44. The molecule has 2 N–H and O–H groups in total. The first-order valence-corrected chi connectivity index (χ1v) is 16.9. The molecule has 1 aliphatic carbocycles. The van der Waals surface area contributed by atoms with Crippen molar-refractivity contribution in [2.75, 3.05) is 44.4 Å². The van der Waals surface area contributed by atoms with Crippen LogP contribution in [0.25, 0.3) is 0 Å². The van der Waals surface area contributed by atoms with E-state index in [1.807, 2.05) is 0 Å². The number of likely N-dealkylation sites (tertiary alicyclic amines) is 1. The fourth-order valence-electron chi connectivity index (χ4n) is 6.99. The third kappa shape index (κ3) is 7.50. The van der Waals surface area contributed by atoms with Gasteiger partial charge in [0.05, 0.1) is 22.9 Å². The SMILES string of the molecule is CN(C(=O)N(C)[C@@H]1CN(C(=O)[C@H]2CC[C@H](N3CCCS3(O)O)CC2)C[C@H]1c1ccc(F)cc1)c1cc(C(F)(F)F)cc(C(F)(F)F)c1. The van der Waals surface area contributed by atoms with Gasteiger partial charge in [0.2, 0.25) is 5.91 Å². The van der Waals surface area contributed by atoms with E-state index in [9.17, 15) is 49.4 Å². The molecule has 1 saturated carbocycles. The normalized spacial score (nSPS) is 25.9. The van der Waals surface area contributed by atoms with Gasteiger partial charge in [-0.3, -0.25) is 18.8 Å². The van der Waals surface area contributed by atoms with Crippen LogP contribution in [0.15, 0.2) is 42.5 Å². The van der Waals surface area contributed by atoms with E-state index in [-0.39, 0.29) is 37.0 Å². The van der Waals surface area contributed by atoms with Gasteiger partial charge in [-0.05, 0) is 68.0 Å². The number of anilines is 1. The Morgan fingerprint density at radius 1 is 0.872 bits per heavy atom. The van der Waals surface area contributed by atoms with Crippen LogP contribution >= 0.6 is 10.8 Å². The zero-order valence-electron chi connectivity index (χ0n) is 25.8. The molecule has 2 saturated heterocycles. The molecule has 3 fully saturated rings. The number of nitrogens with zero attached hydrogens (tertiary/aromatic N) is 4. The summed E-state index contributed by atoms with van der Waals surface area (Å²) in [6.45, 7) is 0.788. The van der Waals surface area contributed by atoms with Crippen LogP contribution in [0.1, 0.15) is 54.7 Å². The number of carbonyl (C=O) groups is 2. The monoisotopic (exact) mass is 694 g/mol. The van der Waals surface area contributed by atoms with Gasteiger partial charge in [-0.15, -0.1) is 10.8 Å². The molecule has 3 amide bonds. The number of halogens is 7. The zero-order chi connectivity index (χ0) is 34.5. The summed E-state index contributed by atoms with van der Waals surface area (Å²) in [6.07, 6.45) is -7.26. The van der Waals surface area contributed by atoms with E-state index in [2.05, 4.69) is 0 Å². The molecule has 260 valence electrons. The number of amides is 3. The molecule has 16 heteroatoms. The summed E-state index contributed by atoms with van der Waals surface area (Å²) in [5.41, 5.74) is -3.12. The fourth-order valence-corrected chi connectivity index (χ4v) is 8.85. The number of likely N-dealkylation sites (N-methyl/N-ethyl adjacent to an activating group) is 1. The van der Waals surface area contributed by atoms with Gasteiger partial charge in [0.15, 0.2) is 0 Å². The number of urea groups is 1. The van der Waals surface area contributed by atoms with E-state index in [1.54, 1.807) is 9.21 Å². The van der Waals surface area contributed by atoms with Crippen LogP contribution in [-0.4, -0.2) is 86.7 Å². The van der Waals surface area contributed by atoms with Gasteiger partial charge in [-0.2, -0.15) is 26.3 Å². The van der Waals surface area contributed by atoms with Crippen LogP contribution in [0.5, 0.6) is 0 Å². The van der Waals surface area contributed by atoms with Crippen molar-refractivity contribution >= 4 is 28.4 Å². The lowest BCUT2D eigenvalue weighted by Crippen LogP contribution is -2.48. The highest BCUT2D eigenvalue weighted by atomic mass is 32.3. The molecular weight excluding hydrogens is 657 g/mol. The minimum atomic E-state index is -5.10. The van der Waals surface area contributed by atoms with Crippen LogP contribution in [-0.2, 0) is 17.1 Å². The molecule has 0 bridgehead atoms. The molecule has 0 radical (unpaired) electrons. The smallest absolute Gasteiger partial charge is 0.340 e. The van der Waals surface area contributed by atoms with Crippen molar-refractivity contribution in [1.82, 2.24) is 14.1 Å². The van der Waals surface area contributed by atoms with Gasteiger partial charge in [0.25, 0.3) is 0 Å². The third-order valence-electron chi connectivity index (χ3n) is 9.57. The lowest BCUT2D eigenvalue weighted by molar-refractivity contribution is -0.143. The van der Waals surface area contributed by atoms with E-state index in [1.165, 1.54) is 36.2 Å². The van der Waals surface area contributed by atoms with Gasteiger partial charge in [-0.25, -0.2) is 13.5 Å². The Balaban J connectivity index is 1.35. The first-order valence-electron chi connectivity index (χ1n) is 15.2. The predicted molar refractivity (Wildman–Crippen MR) is 162 cm³/mol. The van der Waals surface area contributed by atoms with Crippen molar-refractivity contribution in [3.05, 3.63) is 65.0 Å². The summed E-state index contributed by atoms with van der Waals surface area (Å²) < 4.78 is 117. The minimum absolute atomic E-state index is 0.0136. The van der Waals surface area contributed by atoms with Crippen molar-refractivity contribution in [1.29, 1.82) is 0 Å². The predicted octanol–water partition coefficient (Wildman–Crippen LogP) is 7.28. The molecule has 0 spiro atoms. The Kier molecular flexibility index (Phi) is 9.81. The van der Waals surface area contributed by atoms with Gasteiger partial charge in [0.1, 0.15) is 5.82 Å². The van der Waals surface area contributed by atoms with Crippen LogP contribution < -0.4 is 4.90 Å². The molecule has 3 aliphatic rings. The molecule has 2 heterocycles. The summed E-state index contributed by atoms with van der Waals surface area (Å²) >= 11 is 0. The van der Waals surface area contributed by atoms with Gasteiger partial charge < -0.3 is 9.80 Å². The quantitative estimate of drug-likeness (QED) is 0.322. The second-order valence-corrected chi connectivity index (χ2v) is 14.7. The molecular formula is C31H37F7N4O4S. The third-order valence-corrected chi connectivity index (χ3v) is 11.6. The Bertz CT molecular complexity index is 1430. The number of rotatable bonds is 5. The van der Waals surface area contributed by atoms with Crippen molar-refractivity contribution in [3.63, 3.8) is 0 Å². The average molecular weight is 695 g/mol. The highest BCUT2D eigenvalue weighted by molar-refractivity contribution is 8.22. The van der Waals surface area contributed by atoms with E-state index in [4.69, 9.17) is 0 Å². The number of benzene rings is 2. The molecule has 2 aromatic rings. The second kappa shape index (κ2) is 13.1. The van der Waals surface area contributed by atoms with E-state index in [0.717, 1.165) is 7.05 Å². The summed E-state index contributed by atoms with van der Waals surface area (Å²) in [4.78, 5) is 30.9. The Morgan fingerprint density at radius 3 is 1.96 bits per heavy atom. The van der Waals surface area contributed by atoms with E-state index >= 15 is 0 Å². The molecule has 2 atom stereocenters. The standard InChI is InChI=1S/C31H37F7N4O4S/c1-39(25-15-21(30(33,34)35)14-22(16-25)31(36,37)38)29(44)40(2)27-18-41(17-26(27)19-4-8-23(32)9-5-19)28(43)20-6-10-24(11-7-20)42-12-3-13-47(42,45)46/h4-5,8-9,14-16,20,24,26-27,45-46H,3,6-7,10-13,17-18H2,1-2H3/t20-,24-,26-,27+/m0/s1. The lowest BCUT2D eigenvalue weighted by Gasteiger charge is -2.44. The molecule has 2 aliphatic heterocycles. The summed E-state index contributed by atoms with van der Waals surface area (Å²) in [6, 6.07) is 4.76. The van der Waals surface area contributed by atoms with Crippen LogP contribution in [0, 0.1) is 11.7 Å². The summed E-state index contributed by atoms with van der Waals surface area (Å²) in [5, 5.41) is 0. The summed E-state index contributed by atoms with van der Waals surface area (Å²) in [5.74, 6) is -1.20. The van der Waals surface area contributed by atoms with Crippen molar-refractivity contribution in [3.8, 4) is 0 Å². The first-order chi connectivity index (χ1) is 21.9. The number of carbonyl (C=O) groups excluding carboxylic acids is 2. The number of alkyl halides is 6. The first kappa shape index (κ1) is 35.2. The van der Waals surface area contributed by atoms with Gasteiger partial charge in [0, 0.05) is 57.3 Å². The highest BCUT2D eigenvalue weighted by Crippen LogP contribution is 2.52. The molecule has 5 rings (SSSR count). The van der Waals surface area contributed by atoms with Crippen LogP contribution in [0.4, 0.5) is 41.2 Å². The topological polar surface area (TPSA) is 87.6 Å². The Hall–Kier alpha value is -3.08. The maximum absolute atomic E-state index is 13.8. The number of hydrogen-bond donors (Lipinski definition) is 2. The van der Waals surface area contributed by atoms with Crippen molar-refractivity contribution < 1.29 is 49.4 Å². The Morgan fingerprint density at radius 2 is 1.45 bits per heavy atom.